The second-order valence-electron chi connectivity index (χ2n) is 7.87. The highest BCUT2D eigenvalue weighted by Gasteiger charge is 2.32. The van der Waals surface area contributed by atoms with Gasteiger partial charge in [0, 0.05) is 19.9 Å². The minimum atomic E-state index is -0.332. The van der Waals surface area contributed by atoms with Crippen LogP contribution in [-0.2, 0) is 9.59 Å². The predicted octanol–water partition coefficient (Wildman–Crippen LogP) is 3.78. The second-order valence-corrected chi connectivity index (χ2v) is 7.87. The van der Waals surface area contributed by atoms with Crippen LogP contribution in [0, 0.1) is 0 Å². The van der Waals surface area contributed by atoms with E-state index in [0.717, 1.165) is 48.4 Å². The van der Waals surface area contributed by atoms with Crippen LogP contribution in [0.5, 0.6) is 11.5 Å². The molecule has 0 saturated carbocycles. The van der Waals surface area contributed by atoms with Crippen molar-refractivity contribution in [2.45, 2.75) is 44.7 Å². The average molecular weight is 408 g/mol. The molecule has 2 aromatic carbocycles. The maximum Gasteiger partial charge on any atom is 0.225 e. The number of nitrogens with one attached hydrogen (secondary N) is 1. The van der Waals surface area contributed by atoms with Crippen LogP contribution in [0.3, 0.4) is 0 Å². The Kier molecular flexibility index (Phi) is 6.21. The quantitative estimate of drug-likeness (QED) is 0.818. The van der Waals surface area contributed by atoms with Crippen molar-refractivity contribution in [1.82, 2.24) is 10.2 Å². The molecule has 1 N–H and O–H groups in total. The fourth-order valence-corrected chi connectivity index (χ4v) is 4.27. The molecule has 4 rings (SSSR count). The first-order valence-corrected chi connectivity index (χ1v) is 10.6. The molecule has 0 radical (unpaired) electrons. The lowest BCUT2D eigenvalue weighted by Gasteiger charge is -2.28. The van der Waals surface area contributed by atoms with Crippen molar-refractivity contribution in [3.63, 3.8) is 0 Å². The van der Waals surface area contributed by atoms with E-state index in [1.807, 2.05) is 53.4 Å². The number of amides is 2. The zero-order valence-corrected chi connectivity index (χ0v) is 17.3. The molecule has 2 amide bonds. The lowest BCUT2D eigenvalue weighted by molar-refractivity contribution is -0.133. The molecule has 2 atom stereocenters. The summed E-state index contributed by atoms with van der Waals surface area (Å²) in [5.41, 5.74) is 2.01. The highest BCUT2D eigenvalue weighted by Crippen LogP contribution is 2.38. The summed E-state index contributed by atoms with van der Waals surface area (Å²) >= 11 is 0. The number of carbonyl (C=O) groups is 2. The van der Waals surface area contributed by atoms with Crippen LogP contribution in [-0.4, -0.2) is 36.5 Å². The zero-order chi connectivity index (χ0) is 20.9. The van der Waals surface area contributed by atoms with Crippen molar-refractivity contribution >= 4 is 11.8 Å². The Morgan fingerprint density at radius 3 is 2.60 bits per heavy atom. The third-order valence-electron chi connectivity index (χ3n) is 5.69. The molecule has 2 aliphatic rings. The van der Waals surface area contributed by atoms with Gasteiger partial charge in [-0.1, -0.05) is 36.4 Å². The number of ether oxygens (including phenoxy) is 2. The van der Waals surface area contributed by atoms with Crippen molar-refractivity contribution in [2.24, 2.45) is 0 Å². The Hall–Kier alpha value is -3.02. The SMILES string of the molecule is CC(=O)NC(CC(=O)N1CCCC1c1ccc2c(c1)OCCCO2)c1ccccc1. The minimum absolute atomic E-state index is 0.0170. The first kappa shape index (κ1) is 20.3. The molecule has 2 aliphatic heterocycles. The molecule has 2 heterocycles. The Bertz CT molecular complexity index is 899. The molecule has 6 nitrogen and oxygen atoms in total. The number of fused-ring (bicyclic) bond motifs is 1. The van der Waals surface area contributed by atoms with Gasteiger partial charge in [0.2, 0.25) is 11.8 Å². The third-order valence-corrected chi connectivity index (χ3v) is 5.69. The molecule has 0 aromatic heterocycles. The van der Waals surface area contributed by atoms with E-state index >= 15 is 0 Å². The fourth-order valence-electron chi connectivity index (χ4n) is 4.27. The summed E-state index contributed by atoms with van der Waals surface area (Å²) in [5.74, 6) is 1.43. The van der Waals surface area contributed by atoms with Gasteiger partial charge in [0.25, 0.3) is 0 Å². The summed E-state index contributed by atoms with van der Waals surface area (Å²) in [6.45, 7) is 3.50. The number of hydrogen-bond acceptors (Lipinski definition) is 4. The normalized spacial score (nSPS) is 19.1. The minimum Gasteiger partial charge on any atom is -0.490 e. The van der Waals surface area contributed by atoms with Gasteiger partial charge in [0.1, 0.15) is 0 Å². The second kappa shape index (κ2) is 9.20. The van der Waals surface area contributed by atoms with Crippen LogP contribution in [0.25, 0.3) is 0 Å². The Morgan fingerprint density at radius 1 is 1.07 bits per heavy atom. The van der Waals surface area contributed by atoms with E-state index in [2.05, 4.69) is 5.32 Å². The van der Waals surface area contributed by atoms with E-state index in [-0.39, 0.29) is 30.3 Å². The van der Waals surface area contributed by atoms with Crippen molar-refractivity contribution in [1.29, 1.82) is 0 Å². The molecule has 0 aliphatic carbocycles. The van der Waals surface area contributed by atoms with Crippen LogP contribution in [0.2, 0.25) is 0 Å². The van der Waals surface area contributed by atoms with Gasteiger partial charge in [-0.15, -0.1) is 0 Å². The summed E-state index contributed by atoms with van der Waals surface area (Å²) in [7, 11) is 0. The molecule has 2 aromatic rings. The molecule has 2 unspecified atom stereocenters. The number of benzene rings is 2. The molecule has 1 saturated heterocycles. The summed E-state index contributed by atoms with van der Waals surface area (Å²) in [6.07, 6.45) is 2.98. The van der Waals surface area contributed by atoms with Gasteiger partial charge in [-0.25, -0.2) is 0 Å². The Labute approximate surface area is 177 Å². The van der Waals surface area contributed by atoms with E-state index in [1.54, 1.807) is 0 Å². The number of likely N-dealkylation sites (tertiary alicyclic amines) is 1. The summed E-state index contributed by atoms with van der Waals surface area (Å²) in [6, 6.07) is 15.3. The van der Waals surface area contributed by atoms with Gasteiger partial charge < -0.3 is 19.7 Å². The first-order chi connectivity index (χ1) is 14.6. The topological polar surface area (TPSA) is 67.9 Å². The van der Waals surface area contributed by atoms with Crippen molar-refractivity contribution in [2.75, 3.05) is 19.8 Å². The van der Waals surface area contributed by atoms with E-state index in [0.29, 0.717) is 13.2 Å². The fraction of sp³-hybridized carbons (Fsp3) is 0.417. The molecular formula is C24H28N2O4. The third kappa shape index (κ3) is 4.58. The van der Waals surface area contributed by atoms with Gasteiger partial charge in [-0.05, 0) is 36.1 Å². The van der Waals surface area contributed by atoms with E-state index in [1.165, 1.54) is 6.92 Å². The lowest BCUT2D eigenvalue weighted by atomic mass is 10.0. The molecule has 0 bridgehead atoms. The van der Waals surface area contributed by atoms with Crippen molar-refractivity contribution in [3.05, 3.63) is 59.7 Å². The Balaban J connectivity index is 1.52. The van der Waals surface area contributed by atoms with E-state index in [9.17, 15) is 9.59 Å². The highest BCUT2D eigenvalue weighted by atomic mass is 16.5. The molecule has 0 spiro atoms. The van der Waals surface area contributed by atoms with Crippen LogP contribution in [0.15, 0.2) is 48.5 Å². The smallest absolute Gasteiger partial charge is 0.225 e. The number of rotatable bonds is 5. The van der Waals surface area contributed by atoms with E-state index < -0.39 is 0 Å². The number of hydrogen-bond donors (Lipinski definition) is 1. The summed E-state index contributed by atoms with van der Waals surface area (Å²) < 4.78 is 11.6. The van der Waals surface area contributed by atoms with Crippen LogP contribution >= 0.6 is 0 Å². The first-order valence-electron chi connectivity index (χ1n) is 10.6. The van der Waals surface area contributed by atoms with Crippen LogP contribution in [0.1, 0.15) is 55.8 Å². The van der Waals surface area contributed by atoms with Gasteiger partial charge in [-0.2, -0.15) is 0 Å². The monoisotopic (exact) mass is 408 g/mol. The maximum atomic E-state index is 13.3. The van der Waals surface area contributed by atoms with Crippen molar-refractivity contribution in [3.8, 4) is 11.5 Å². The molecule has 158 valence electrons. The molecule has 6 heteroatoms. The molecule has 30 heavy (non-hydrogen) atoms. The Morgan fingerprint density at radius 2 is 1.83 bits per heavy atom. The maximum absolute atomic E-state index is 13.3. The van der Waals surface area contributed by atoms with Crippen LogP contribution < -0.4 is 14.8 Å². The largest absolute Gasteiger partial charge is 0.490 e. The van der Waals surface area contributed by atoms with Gasteiger partial charge in [0.05, 0.1) is 31.7 Å². The zero-order valence-electron chi connectivity index (χ0n) is 17.3. The van der Waals surface area contributed by atoms with Gasteiger partial charge >= 0.3 is 0 Å². The van der Waals surface area contributed by atoms with Gasteiger partial charge in [0.15, 0.2) is 11.5 Å². The molecular weight excluding hydrogens is 380 g/mol. The van der Waals surface area contributed by atoms with E-state index in [4.69, 9.17) is 9.47 Å². The summed E-state index contributed by atoms with van der Waals surface area (Å²) in [4.78, 5) is 26.9. The number of nitrogens with zero attached hydrogens (tertiary/aromatic N) is 1. The predicted molar refractivity (Wildman–Crippen MR) is 113 cm³/mol. The standard InChI is InChI=1S/C24H28N2O4/c1-17(27)25-20(18-7-3-2-4-8-18)16-24(28)26-12-5-9-21(26)19-10-11-22-23(15-19)30-14-6-13-29-22/h2-4,7-8,10-11,15,20-21H,5-6,9,12-14,16H2,1H3,(H,25,27). The highest BCUT2D eigenvalue weighted by molar-refractivity contribution is 5.80. The average Bonchev–Trinajstić information content (AvgIpc) is 3.12. The van der Waals surface area contributed by atoms with Crippen molar-refractivity contribution < 1.29 is 19.1 Å². The molecule has 1 fully saturated rings. The van der Waals surface area contributed by atoms with Gasteiger partial charge in [-0.3, -0.25) is 9.59 Å². The summed E-state index contributed by atoms with van der Waals surface area (Å²) in [5, 5.41) is 2.93. The lowest BCUT2D eigenvalue weighted by Crippen LogP contribution is -2.35. The van der Waals surface area contributed by atoms with Crippen LogP contribution in [0.4, 0.5) is 0 Å². The number of carbonyl (C=O) groups excluding carboxylic acids is 2.